The van der Waals surface area contributed by atoms with Crippen molar-refractivity contribution < 1.29 is 22.7 Å². The summed E-state index contributed by atoms with van der Waals surface area (Å²) in [5.41, 5.74) is -0.507. The van der Waals surface area contributed by atoms with Crippen LogP contribution in [0.1, 0.15) is 16.1 Å². The van der Waals surface area contributed by atoms with Gasteiger partial charge in [0.05, 0.1) is 25.1 Å². The number of ether oxygens (including phenoxy) is 1. The molecule has 10 heteroatoms. The first kappa shape index (κ1) is 18.9. The lowest BCUT2D eigenvalue weighted by atomic mass is 10.1. The van der Waals surface area contributed by atoms with E-state index in [1.54, 1.807) is 24.3 Å². The number of carbonyl (C=O) groups is 1. The molecule has 6 nitrogen and oxygen atoms in total. The summed E-state index contributed by atoms with van der Waals surface area (Å²) < 4.78 is 47.5. The highest BCUT2D eigenvalue weighted by atomic mass is 79.9. The van der Waals surface area contributed by atoms with E-state index in [-0.39, 0.29) is 16.9 Å². The summed E-state index contributed by atoms with van der Waals surface area (Å²) in [6, 6.07) is 7.76. The summed E-state index contributed by atoms with van der Waals surface area (Å²) in [6.45, 7) is 1.50. The van der Waals surface area contributed by atoms with E-state index in [4.69, 9.17) is 4.74 Å². The number of rotatable bonds is 2. The number of benzene rings is 1. The Morgan fingerprint density at radius 2 is 1.89 bits per heavy atom. The normalized spacial score (nSPS) is 15.2. The van der Waals surface area contributed by atoms with Crippen LogP contribution in [0.4, 0.5) is 13.2 Å². The summed E-state index contributed by atoms with van der Waals surface area (Å²) in [5, 5.41) is 3.80. The average molecular weight is 455 g/mol. The maximum absolute atomic E-state index is 13.7. The molecule has 0 radical (unpaired) electrons. The molecular weight excluding hydrogens is 441 g/mol. The Morgan fingerprint density at radius 3 is 2.57 bits per heavy atom. The third-order valence-corrected chi connectivity index (χ3v) is 5.13. The number of amides is 1. The molecule has 1 aliphatic heterocycles. The van der Waals surface area contributed by atoms with Crippen LogP contribution in [-0.4, -0.2) is 51.7 Å². The Balaban J connectivity index is 1.91. The third-order valence-electron chi connectivity index (χ3n) is 4.44. The number of hydrogen-bond acceptors (Lipinski definition) is 4. The monoisotopic (exact) mass is 454 g/mol. The lowest BCUT2D eigenvalue weighted by Gasteiger charge is -2.26. The van der Waals surface area contributed by atoms with Crippen molar-refractivity contribution in [2.24, 2.45) is 0 Å². The van der Waals surface area contributed by atoms with Gasteiger partial charge in [-0.15, -0.1) is 0 Å². The molecule has 3 aromatic rings. The zero-order valence-electron chi connectivity index (χ0n) is 14.4. The van der Waals surface area contributed by atoms with E-state index in [2.05, 4.69) is 26.0 Å². The predicted octanol–water partition coefficient (Wildman–Crippen LogP) is 3.65. The molecule has 0 bridgehead atoms. The molecule has 146 valence electrons. The molecule has 1 amide bonds. The van der Waals surface area contributed by atoms with Crippen molar-refractivity contribution in [1.82, 2.24) is 19.5 Å². The van der Waals surface area contributed by atoms with Crippen LogP contribution < -0.4 is 0 Å². The lowest BCUT2D eigenvalue weighted by Crippen LogP contribution is -2.40. The molecule has 0 spiro atoms. The number of fused-ring (bicyclic) bond motifs is 1. The van der Waals surface area contributed by atoms with E-state index in [0.717, 1.165) is 12.3 Å². The van der Waals surface area contributed by atoms with Gasteiger partial charge in [0.15, 0.2) is 11.3 Å². The van der Waals surface area contributed by atoms with Gasteiger partial charge in [-0.3, -0.25) is 4.79 Å². The van der Waals surface area contributed by atoms with Crippen LogP contribution in [0.25, 0.3) is 16.9 Å². The van der Waals surface area contributed by atoms with Gasteiger partial charge in [-0.1, -0.05) is 34.1 Å². The lowest BCUT2D eigenvalue weighted by molar-refractivity contribution is -0.142. The van der Waals surface area contributed by atoms with E-state index < -0.39 is 17.8 Å². The molecule has 0 atom stereocenters. The maximum atomic E-state index is 13.7. The van der Waals surface area contributed by atoms with Crippen LogP contribution in [0, 0.1) is 0 Å². The number of carbonyl (C=O) groups excluding carboxylic acids is 1. The molecule has 0 N–H and O–H groups in total. The van der Waals surface area contributed by atoms with Gasteiger partial charge < -0.3 is 9.64 Å². The van der Waals surface area contributed by atoms with Crippen molar-refractivity contribution in [1.29, 1.82) is 0 Å². The molecule has 1 aliphatic rings. The van der Waals surface area contributed by atoms with E-state index in [1.807, 2.05) is 0 Å². The highest BCUT2D eigenvalue weighted by Gasteiger charge is 2.36. The summed E-state index contributed by atoms with van der Waals surface area (Å²) in [4.78, 5) is 18.7. The number of hydrogen-bond donors (Lipinski definition) is 0. The largest absolute Gasteiger partial charge is 0.433 e. The quantitative estimate of drug-likeness (QED) is 0.592. The summed E-state index contributed by atoms with van der Waals surface area (Å²) in [5.74, 6) is -0.414. The Hall–Kier alpha value is -2.46. The number of aromatic nitrogens is 3. The van der Waals surface area contributed by atoms with Gasteiger partial charge in [0.2, 0.25) is 0 Å². The molecule has 1 fully saturated rings. The molecule has 1 aromatic carbocycles. The van der Waals surface area contributed by atoms with Crippen LogP contribution in [-0.2, 0) is 10.9 Å². The van der Waals surface area contributed by atoms with Crippen molar-refractivity contribution in [3.05, 3.63) is 52.3 Å². The summed E-state index contributed by atoms with van der Waals surface area (Å²) in [6.07, 6.45) is -3.53. The molecule has 28 heavy (non-hydrogen) atoms. The first-order valence-corrected chi connectivity index (χ1v) is 9.23. The fourth-order valence-electron chi connectivity index (χ4n) is 3.06. The minimum absolute atomic E-state index is 0.0290. The first-order valence-electron chi connectivity index (χ1n) is 8.44. The van der Waals surface area contributed by atoms with Crippen LogP contribution >= 0.6 is 15.9 Å². The summed E-state index contributed by atoms with van der Waals surface area (Å²) >= 11 is 3.34. The molecular formula is C18H14BrF3N4O2. The fourth-order valence-corrected chi connectivity index (χ4v) is 3.55. The zero-order valence-corrected chi connectivity index (χ0v) is 16.0. The van der Waals surface area contributed by atoms with Gasteiger partial charge in [0.1, 0.15) is 5.56 Å². The molecule has 0 aliphatic carbocycles. The SMILES string of the molecule is O=C(c1cnn2c(C(F)(F)F)cc(-c3ccccc3Br)nc12)N1CCOCC1. The van der Waals surface area contributed by atoms with Crippen LogP contribution in [0.5, 0.6) is 0 Å². The standard InChI is InChI=1S/C18H14BrF3N4O2/c19-13-4-2-1-3-11(13)14-9-15(18(20,21)22)26-16(24-14)12(10-23-26)17(27)25-5-7-28-8-6-25/h1-4,9-10H,5-8H2. The van der Waals surface area contributed by atoms with Crippen LogP contribution in [0.15, 0.2) is 41.0 Å². The van der Waals surface area contributed by atoms with Gasteiger partial charge in [-0.2, -0.15) is 18.3 Å². The molecule has 4 rings (SSSR count). The van der Waals surface area contributed by atoms with Crippen molar-refractivity contribution in [2.75, 3.05) is 26.3 Å². The first-order chi connectivity index (χ1) is 13.4. The minimum atomic E-state index is -4.66. The Kier molecular flexibility index (Phi) is 4.84. The number of halogens is 4. The van der Waals surface area contributed by atoms with Gasteiger partial charge in [0.25, 0.3) is 5.91 Å². The van der Waals surface area contributed by atoms with Crippen LogP contribution in [0.2, 0.25) is 0 Å². The number of alkyl halides is 3. The topological polar surface area (TPSA) is 59.7 Å². The smallest absolute Gasteiger partial charge is 0.378 e. The predicted molar refractivity (Wildman–Crippen MR) is 97.8 cm³/mol. The highest BCUT2D eigenvalue weighted by Crippen LogP contribution is 2.34. The molecule has 1 saturated heterocycles. The molecule has 0 unspecified atom stereocenters. The van der Waals surface area contributed by atoms with Gasteiger partial charge in [-0.25, -0.2) is 9.50 Å². The summed E-state index contributed by atoms with van der Waals surface area (Å²) in [7, 11) is 0. The second kappa shape index (κ2) is 7.17. The van der Waals surface area contributed by atoms with Crippen molar-refractivity contribution in [3.8, 4) is 11.3 Å². The van der Waals surface area contributed by atoms with Crippen molar-refractivity contribution in [2.45, 2.75) is 6.18 Å². The van der Waals surface area contributed by atoms with Gasteiger partial charge in [-0.05, 0) is 12.1 Å². The van der Waals surface area contributed by atoms with Gasteiger partial charge in [0, 0.05) is 23.1 Å². The molecule has 0 saturated carbocycles. The molecule has 3 heterocycles. The fraction of sp³-hybridized carbons (Fsp3) is 0.278. The van der Waals surface area contributed by atoms with E-state index >= 15 is 0 Å². The van der Waals surface area contributed by atoms with Crippen molar-refractivity contribution in [3.63, 3.8) is 0 Å². The van der Waals surface area contributed by atoms with Crippen molar-refractivity contribution >= 4 is 27.5 Å². The van der Waals surface area contributed by atoms with Gasteiger partial charge >= 0.3 is 6.18 Å². The number of nitrogens with zero attached hydrogens (tertiary/aromatic N) is 4. The molecule has 2 aromatic heterocycles. The zero-order chi connectivity index (χ0) is 19.9. The van der Waals surface area contributed by atoms with Crippen LogP contribution in [0.3, 0.4) is 0 Å². The Morgan fingerprint density at radius 1 is 1.18 bits per heavy atom. The third kappa shape index (κ3) is 3.37. The number of morpholine rings is 1. The van der Waals surface area contributed by atoms with E-state index in [0.29, 0.717) is 40.9 Å². The second-order valence-corrected chi connectivity index (χ2v) is 7.06. The second-order valence-electron chi connectivity index (χ2n) is 6.20. The highest BCUT2D eigenvalue weighted by molar-refractivity contribution is 9.10. The Bertz CT molecular complexity index is 1040. The van der Waals surface area contributed by atoms with E-state index in [1.165, 1.54) is 4.90 Å². The van der Waals surface area contributed by atoms with E-state index in [9.17, 15) is 18.0 Å². The Labute approximate surface area is 166 Å². The average Bonchev–Trinajstić information content (AvgIpc) is 3.10. The maximum Gasteiger partial charge on any atom is 0.433 e. The minimum Gasteiger partial charge on any atom is -0.378 e.